The highest BCUT2D eigenvalue weighted by atomic mass is 16.4. The maximum atomic E-state index is 12.7. The lowest BCUT2D eigenvalue weighted by molar-refractivity contribution is -0.143. The van der Waals surface area contributed by atoms with Gasteiger partial charge in [-0.25, -0.2) is 4.79 Å². The SMILES string of the molecule is O=C(O)CN1C(=O)NC2(CCCCc3ccccc32)C1=O. The van der Waals surface area contributed by atoms with Gasteiger partial charge in [-0.3, -0.25) is 14.5 Å². The van der Waals surface area contributed by atoms with Crippen LogP contribution in [0.15, 0.2) is 24.3 Å². The highest BCUT2D eigenvalue weighted by molar-refractivity contribution is 6.09. The monoisotopic (exact) mass is 288 g/mol. The average molecular weight is 288 g/mol. The first-order valence-electron chi connectivity index (χ1n) is 6.99. The zero-order valence-electron chi connectivity index (χ0n) is 11.5. The largest absolute Gasteiger partial charge is 0.480 e. The van der Waals surface area contributed by atoms with Crippen LogP contribution in [-0.2, 0) is 21.5 Å². The minimum atomic E-state index is -1.20. The summed E-state index contributed by atoms with van der Waals surface area (Å²) in [5, 5.41) is 11.6. The predicted molar refractivity (Wildman–Crippen MR) is 73.6 cm³/mol. The van der Waals surface area contributed by atoms with E-state index >= 15 is 0 Å². The molecule has 0 aromatic heterocycles. The van der Waals surface area contributed by atoms with Crippen molar-refractivity contribution in [2.75, 3.05) is 6.54 Å². The van der Waals surface area contributed by atoms with E-state index in [4.69, 9.17) is 5.11 Å². The molecule has 3 rings (SSSR count). The Balaban J connectivity index is 2.07. The Morgan fingerprint density at radius 2 is 2.05 bits per heavy atom. The molecule has 0 radical (unpaired) electrons. The van der Waals surface area contributed by atoms with Crippen molar-refractivity contribution in [1.82, 2.24) is 10.2 Å². The molecule has 21 heavy (non-hydrogen) atoms. The van der Waals surface area contributed by atoms with Crippen LogP contribution in [0.25, 0.3) is 0 Å². The van der Waals surface area contributed by atoms with Crippen LogP contribution in [0.3, 0.4) is 0 Å². The minimum Gasteiger partial charge on any atom is -0.480 e. The van der Waals surface area contributed by atoms with Gasteiger partial charge in [-0.15, -0.1) is 0 Å². The van der Waals surface area contributed by atoms with Crippen LogP contribution in [0.4, 0.5) is 4.79 Å². The molecule has 2 N–H and O–H groups in total. The Bertz CT molecular complexity index is 628. The summed E-state index contributed by atoms with van der Waals surface area (Å²) < 4.78 is 0. The van der Waals surface area contributed by atoms with Gasteiger partial charge in [0.2, 0.25) is 0 Å². The Hall–Kier alpha value is -2.37. The molecule has 1 atom stereocenters. The van der Waals surface area contributed by atoms with Crippen molar-refractivity contribution in [2.24, 2.45) is 0 Å². The first kappa shape index (κ1) is 13.6. The molecule has 1 aliphatic heterocycles. The number of carboxylic acids is 1. The number of amides is 3. The lowest BCUT2D eigenvalue weighted by Crippen LogP contribution is -2.44. The molecule has 1 aromatic carbocycles. The maximum absolute atomic E-state index is 12.7. The quantitative estimate of drug-likeness (QED) is 0.802. The van der Waals surface area contributed by atoms with Crippen molar-refractivity contribution < 1.29 is 19.5 Å². The summed E-state index contributed by atoms with van der Waals surface area (Å²) in [5.41, 5.74) is 0.745. The molecular weight excluding hydrogens is 272 g/mol. The van der Waals surface area contributed by atoms with Gasteiger partial charge in [0, 0.05) is 0 Å². The van der Waals surface area contributed by atoms with E-state index in [2.05, 4.69) is 5.32 Å². The number of aryl methyl sites for hydroxylation is 1. The van der Waals surface area contributed by atoms with Crippen LogP contribution in [0.5, 0.6) is 0 Å². The minimum absolute atomic E-state index is 0.454. The van der Waals surface area contributed by atoms with Crippen molar-refractivity contribution in [3.05, 3.63) is 35.4 Å². The van der Waals surface area contributed by atoms with E-state index in [0.717, 1.165) is 35.3 Å². The van der Waals surface area contributed by atoms with E-state index in [9.17, 15) is 14.4 Å². The molecule has 1 aliphatic carbocycles. The Kier molecular flexibility index (Phi) is 3.16. The van der Waals surface area contributed by atoms with Gasteiger partial charge in [0.25, 0.3) is 5.91 Å². The standard InChI is InChI=1S/C15H16N2O4/c18-12(19)9-17-13(20)15(16-14(17)21)8-4-3-6-10-5-1-2-7-11(10)15/h1-2,5,7H,3-4,6,8-9H2,(H,16,21)(H,18,19). The number of carboxylic acid groups (broad SMARTS) is 1. The molecular formula is C15H16N2O4. The summed E-state index contributed by atoms with van der Waals surface area (Å²) in [6.45, 7) is -0.603. The van der Waals surface area contributed by atoms with Gasteiger partial charge < -0.3 is 10.4 Å². The third-order valence-electron chi connectivity index (χ3n) is 4.19. The molecule has 1 spiro atoms. The van der Waals surface area contributed by atoms with Gasteiger partial charge >= 0.3 is 12.0 Å². The number of hydrogen-bond acceptors (Lipinski definition) is 3. The molecule has 1 saturated heterocycles. The van der Waals surface area contributed by atoms with E-state index in [-0.39, 0.29) is 0 Å². The summed E-state index contributed by atoms with van der Waals surface area (Å²) in [5.74, 6) is -1.65. The van der Waals surface area contributed by atoms with Crippen LogP contribution < -0.4 is 5.32 Å². The zero-order valence-corrected chi connectivity index (χ0v) is 11.5. The van der Waals surface area contributed by atoms with Crippen LogP contribution >= 0.6 is 0 Å². The van der Waals surface area contributed by atoms with Gasteiger partial charge in [-0.05, 0) is 36.8 Å². The Morgan fingerprint density at radius 1 is 1.29 bits per heavy atom. The number of nitrogens with zero attached hydrogens (tertiary/aromatic N) is 1. The molecule has 0 saturated carbocycles. The fraction of sp³-hybridized carbons (Fsp3) is 0.400. The van der Waals surface area contributed by atoms with Crippen molar-refractivity contribution in [3.63, 3.8) is 0 Å². The second kappa shape index (κ2) is 4.87. The Morgan fingerprint density at radius 3 is 2.81 bits per heavy atom. The Labute approximate surface area is 121 Å². The fourth-order valence-corrected chi connectivity index (χ4v) is 3.25. The molecule has 1 heterocycles. The number of nitrogens with one attached hydrogen (secondary N) is 1. The highest BCUT2D eigenvalue weighted by Crippen LogP contribution is 2.38. The van der Waals surface area contributed by atoms with Crippen LogP contribution in [0, 0.1) is 0 Å². The van der Waals surface area contributed by atoms with E-state index in [1.165, 1.54) is 0 Å². The van der Waals surface area contributed by atoms with Gasteiger partial charge in [0.15, 0.2) is 0 Å². The highest BCUT2D eigenvalue weighted by Gasteiger charge is 2.53. The number of imide groups is 1. The van der Waals surface area contributed by atoms with Gasteiger partial charge in [0.05, 0.1) is 0 Å². The first-order valence-corrected chi connectivity index (χ1v) is 6.99. The second-order valence-electron chi connectivity index (χ2n) is 5.48. The topological polar surface area (TPSA) is 86.7 Å². The van der Waals surface area contributed by atoms with Gasteiger partial charge in [-0.2, -0.15) is 0 Å². The number of aliphatic carboxylic acids is 1. The van der Waals surface area contributed by atoms with Crippen LogP contribution in [-0.4, -0.2) is 34.5 Å². The molecule has 110 valence electrons. The number of benzene rings is 1. The molecule has 6 nitrogen and oxygen atoms in total. The van der Waals surface area contributed by atoms with Gasteiger partial charge in [-0.1, -0.05) is 24.3 Å². The fourth-order valence-electron chi connectivity index (χ4n) is 3.25. The predicted octanol–water partition coefficient (Wildman–Crippen LogP) is 1.24. The van der Waals surface area contributed by atoms with E-state index in [1.54, 1.807) is 0 Å². The smallest absolute Gasteiger partial charge is 0.325 e. The van der Waals surface area contributed by atoms with E-state index in [0.29, 0.717) is 6.42 Å². The van der Waals surface area contributed by atoms with Crippen molar-refractivity contribution in [1.29, 1.82) is 0 Å². The molecule has 6 heteroatoms. The van der Waals surface area contributed by atoms with Crippen molar-refractivity contribution in [2.45, 2.75) is 31.2 Å². The van der Waals surface area contributed by atoms with Gasteiger partial charge in [0.1, 0.15) is 12.1 Å². The normalized spacial score (nSPS) is 24.7. The van der Waals surface area contributed by atoms with E-state index in [1.807, 2.05) is 24.3 Å². The third-order valence-corrected chi connectivity index (χ3v) is 4.19. The molecule has 3 amide bonds. The molecule has 0 bridgehead atoms. The van der Waals surface area contributed by atoms with Crippen molar-refractivity contribution >= 4 is 17.9 Å². The molecule has 1 aromatic rings. The summed E-state index contributed by atoms with van der Waals surface area (Å²) in [7, 11) is 0. The third kappa shape index (κ3) is 2.07. The summed E-state index contributed by atoms with van der Waals surface area (Å²) in [6.07, 6.45) is 3.12. The molecule has 1 unspecified atom stereocenters. The average Bonchev–Trinajstić information content (AvgIpc) is 2.62. The van der Waals surface area contributed by atoms with Crippen molar-refractivity contribution in [3.8, 4) is 0 Å². The van der Waals surface area contributed by atoms with Crippen LogP contribution in [0.1, 0.15) is 30.4 Å². The number of urea groups is 1. The lowest BCUT2D eigenvalue weighted by atomic mass is 9.84. The number of hydrogen-bond donors (Lipinski definition) is 2. The van der Waals surface area contributed by atoms with E-state index < -0.39 is 30.0 Å². The number of carbonyl (C=O) groups excluding carboxylic acids is 2. The summed E-state index contributed by atoms with van der Waals surface area (Å²) in [4.78, 5) is 36.4. The lowest BCUT2D eigenvalue weighted by Gasteiger charge is -2.27. The second-order valence-corrected chi connectivity index (χ2v) is 5.48. The molecule has 1 fully saturated rings. The number of rotatable bonds is 2. The van der Waals surface area contributed by atoms with Crippen LogP contribution in [0.2, 0.25) is 0 Å². The first-order chi connectivity index (χ1) is 10.0. The number of carbonyl (C=O) groups is 3. The zero-order chi connectivity index (χ0) is 15.0. The summed E-state index contributed by atoms with van der Waals surface area (Å²) in [6, 6.07) is 6.93. The number of fused-ring (bicyclic) bond motifs is 2. The summed E-state index contributed by atoms with van der Waals surface area (Å²) >= 11 is 0. The molecule has 2 aliphatic rings. The maximum Gasteiger partial charge on any atom is 0.325 e.